The summed E-state index contributed by atoms with van der Waals surface area (Å²) >= 11 is 0. The first-order chi connectivity index (χ1) is 6.61. The summed E-state index contributed by atoms with van der Waals surface area (Å²) in [6, 6.07) is 0. The quantitative estimate of drug-likeness (QED) is 0.554. The average Bonchev–Trinajstić information content (AvgIpc) is 2.01. The van der Waals surface area contributed by atoms with Crippen LogP contribution in [0.4, 0.5) is 0 Å². The third kappa shape index (κ3) is 10.4. The van der Waals surface area contributed by atoms with Crippen LogP contribution < -0.4 is 0 Å². The first kappa shape index (κ1) is 15.1. The van der Waals surface area contributed by atoms with Gasteiger partial charge in [-0.15, -0.1) is 0 Å². The highest BCUT2D eigenvalue weighted by Gasteiger charge is 2.30. The van der Waals surface area contributed by atoms with Crippen LogP contribution in [0, 0.1) is 0 Å². The summed E-state index contributed by atoms with van der Waals surface area (Å²) in [4.78, 5) is 9.78. The summed E-state index contributed by atoms with van der Waals surface area (Å²) in [5, 5.41) is 0. The lowest BCUT2D eigenvalue weighted by Crippen LogP contribution is -2.33. The van der Waals surface area contributed by atoms with Gasteiger partial charge < -0.3 is 4.80 Å². The first-order valence-electron chi connectivity index (χ1n) is 5.25. The minimum Gasteiger partial charge on any atom is -0.432 e. The van der Waals surface area contributed by atoms with E-state index in [1.165, 1.54) is 32.1 Å². The second-order valence-corrected chi connectivity index (χ2v) is 10.3. The molecule has 0 aromatic rings. The van der Waals surface area contributed by atoms with Gasteiger partial charge in [-0.2, -0.15) is 8.42 Å². The molecule has 1 fully saturated rings. The van der Waals surface area contributed by atoms with Gasteiger partial charge in [0.1, 0.15) is 0 Å². The highest BCUT2D eigenvalue weighted by molar-refractivity contribution is 7.85. The molecule has 15 heavy (non-hydrogen) atoms. The lowest BCUT2D eigenvalue weighted by Gasteiger charge is -2.30. The molecule has 1 aliphatic carbocycles. The maximum Gasteiger partial charge on any atom is 0.261 e. The summed E-state index contributed by atoms with van der Waals surface area (Å²) < 4.78 is 25.9. The average molecular weight is 254 g/mol. The number of hydrogen-bond donors (Lipinski definition) is 2. The molecular formula is C9H22O4SSi. The largest absolute Gasteiger partial charge is 0.432 e. The van der Waals surface area contributed by atoms with Crippen LogP contribution in [0.5, 0.6) is 0 Å². The molecule has 0 aromatic carbocycles. The van der Waals surface area contributed by atoms with Crippen molar-refractivity contribution in [2.45, 2.75) is 50.7 Å². The van der Waals surface area contributed by atoms with Gasteiger partial charge in [0, 0.05) is 0 Å². The zero-order chi connectivity index (χ0) is 12.1. The molecule has 4 nitrogen and oxygen atoms in total. The van der Waals surface area contributed by atoms with Crippen molar-refractivity contribution in [1.82, 2.24) is 0 Å². The standard InChI is InChI=1S/C8H18OSi.CH4O3S/c1-10(2,9)8-6-4-3-5-7-8;1-5(2,3)4/h8-9H,3-7H2,1-2H3;1H3,(H,2,3,4). The van der Waals surface area contributed by atoms with Gasteiger partial charge in [-0.25, -0.2) is 0 Å². The fraction of sp³-hybridized carbons (Fsp3) is 1.00. The Hall–Kier alpha value is 0.0869. The molecule has 1 saturated carbocycles. The summed E-state index contributed by atoms with van der Waals surface area (Å²) in [5.74, 6) is 0. The molecule has 2 N–H and O–H groups in total. The normalized spacial score (nSPS) is 19.3. The molecule has 0 aromatic heterocycles. The Morgan fingerprint density at radius 1 is 1.13 bits per heavy atom. The van der Waals surface area contributed by atoms with E-state index in [2.05, 4.69) is 13.1 Å². The highest BCUT2D eigenvalue weighted by atomic mass is 32.2. The lowest BCUT2D eigenvalue weighted by atomic mass is 10.0. The van der Waals surface area contributed by atoms with Crippen LogP contribution in [0.2, 0.25) is 18.6 Å². The predicted octanol–water partition coefficient (Wildman–Crippen LogP) is 2.02. The summed E-state index contributed by atoms with van der Waals surface area (Å²) in [6.07, 6.45) is 7.38. The molecule has 0 amide bonds. The molecule has 0 spiro atoms. The molecule has 0 heterocycles. The van der Waals surface area contributed by atoms with E-state index in [-0.39, 0.29) is 0 Å². The van der Waals surface area contributed by atoms with Crippen molar-refractivity contribution in [2.75, 3.05) is 6.26 Å². The Bertz CT molecular complexity index is 254. The predicted molar refractivity (Wildman–Crippen MR) is 64.0 cm³/mol. The first-order valence-corrected chi connectivity index (χ1v) is 10.1. The summed E-state index contributed by atoms with van der Waals surface area (Å²) in [7, 11) is -5.42. The zero-order valence-corrected chi connectivity index (χ0v) is 11.5. The molecule has 0 radical (unpaired) electrons. The van der Waals surface area contributed by atoms with Crippen LogP contribution in [-0.4, -0.2) is 32.3 Å². The molecule has 0 aliphatic heterocycles. The molecular weight excluding hydrogens is 232 g/mol. The molecule has 0 unspecified atom stereocenters. The molecule has 0 atom stereocenters. The fourth-order valence-electron chi connectivity index (χ4n) is 1.81. The third-order valence-corrected chi connectivity index (χ3v) is 5.18. The van der Waals surface area contributed by atoms with Gasteiger partial charge in [-0.05, 0) is 18.6 Å². The van der Waals surface area contributed by atoms with Crippen LogP contribution in [0.1, 0.15) is 32.1 Å². The van der Waals surface area contributed by atoms with Crippen LogP contribution in [0.25, 0.3) is 0 Å². The van der Waals surface area contributed by atoms with Crippen molar-refractivity contribution in [3.63, 3.8) is 0 Å². The van der Waals surface area contributed by atoms with Gasteiger partial charge in [0.2, 0.25) is 0 Å². The van der Waals surface area contributed by atoms with E-state index in [1.807, 2.05) is 0 Å². The number of rotatable bonds is 1. The topological polar surface area (TPSA) is 74.6 Å². The molecule has 6 heteroatoms. The molecule has 1 rings (SSSR count). The van der Waals surface area contributed by atoms with E-state index in [9.17, 15) is 13.2 Å². The van der Waals surface area contributed by atoms with Gasteiger partial charge in [-0.1, -0.05) is 32.1 Å². The van der Waals surface area contributed by atoms with Crippen LogP contribution >= 0.6 is 0 Å². The third-order valence-electron chi connectivity index (χ3n) is 2.60. The van der Waals surface area contributed by atoms with E-state index in [0.29, 0.717) is 11.8 Å². The van der Waals surface area contributed by atoms with Crippen molar-refractivity contribution < 1.29 is 17.8 Å². The van der Waals surface area contributed by atoms with E-state index < -0.39 is 18.4 Å². The lowest BCUT2D eigenvalue weighted by molar-refractivity contribution is 0.435. The summed E-state index contributed by atoms with van der Waals surface area (Å²) in [5.41, 5.74) is 0.696. The molecule has 0 bridgehead atoms. The zero-order valence-electron chi connectivity index (χ0n) is 9.73. The Morgan fingerprint density at radius 2 is 1.47 bits per heavy atom. The van der Waals surface area contributed by atoms with Crippen molar-refractivity contribution >= 4 is 18.4 Å². The van der Waals surface area contributed by atoms with Crippen molar-refractivity contribution in [3.8, 4) is 0 Å². The van der Waals surface area contributed by atoms with E-state index in [1.54, 1.807) is 0 Å². The Labute approximate surface area is 93.6 Å². The second-order valence-electron chi connectivity index (χ2n) is 4.72. The van der Waals surface area contributed by atoms with E-state index >= 15 is 0 Å². The Kier molecular flexibility index (Phi) is 6.01. The van der Waals surface area contributed by atoms with Crippen LogP contribution in [0.15, 0.2) is 0 Å². The van der Waals surface area contributed by atoms with Gasteiger partial charge in [0.15, 0.2) is 8.32 Å². The molecule has 92 valence electrons. The second kappa shape index (κ2) is 5.98. The van der Waals surface area contributed by atoms with Gasteiger partial charge in [0.25, 0.3) is 10.1 Å². The van der Waals surface area contributed by atoms with Gasteiger partial charge >= 0.3 is 0 Å². The van der Waals surface area contributed by atoms with Gasteiger partial charge in [-0.3, -0.25) is 4.55 Å². The van der Waals surface area contributed by atoms with Crippen molar-refractivity contribution in [2.24, 2.45) is 0 Å². The van der Waals surface area contributed by atoms with Crippen LogP contribution in [0.3, 0.4) is 0 Å². The minimum atomic E-state index is -3.67. The monoisotopic (exact) mass is 254 g/mol. The fourth-order valence-corrected chi connectivity index (χ4v) is 3.63. The SMILES string of the molecule is CS(=O)(=O)O.C[Si](C)(O)C1CCCCC1. The van der Waals surface area contributed by atoms with E-state index in [0.717, 1.165) is 0 Å². The van der Waals surface area contributed by atoms with Gasteiger partial charge in [0.05, 0.1) is 6.26 Å². The number of hydrogen-bond acceptors (Lipinski definition) is 3. The van der Waals surface area contributed by atoms with Crippen molar-refractivity contribution in [1.29, 1.82) is 0 Å². The van der Waals surface area contributed by atoms with Crippen molar-refractivity contribution in [3.05, 3.63) is 0 Å². The molecule has 0 saturated heterocycles. The molecule has 1 aliphatic rings. The maximum absolute atomic E-state index is 9.78. The Morgan fingerprint density at radius 3 is 1.67 bits per heavy atom. The minimum absolute atomic E-state index is 0.696. The van der Waals surface area contributed by atoms with E-state index in [4.69, 9.17) is 4.55 Å². The Balaban J connectivity index is 0.000000336. The summed E-state index contributed by atoms with van der Waals surface area (Å²) in [6.45, 7) is 4.14. The smallest absolute Gasteiger partial charge is 0.261 e. The maximum atomic E-state index is 9.78. The van der Waals surface area contributed by atoms with Crippen LogP contribution in [-0.2, 0) is 10.1 Å². The highest BCUT2D eigenvalue weighted by Crippen LogP contribution is 2.35.